The third-order valence-corrected chi connectivity index (χ3v) is 4.59. The number of fused-ring (bicyclic) bond motifs is 1. The van der Waals surface area contributed by atoms with Crippen LogP contribution < -0.4 is 0 Å². The fraction of sp³-hybridized carbons (Fsp3) is 0.533. The van der Waals surface area contributed by atoms with Gasteiger partial charge in [-0.2, -0.15) is 4.98 Å². The lowest BCUT2D eigenvalue weighted by Gasteiger charge is -2.22. The van der Waals surface area contributed by atoms with Gasteiger partial charge >= 0.3 is 0 Å². The molecule has 2 aliphatic heterocycles. The third kappa shape index (κ3) is 2.04. The van der Waals surface area contributed by atoms with E-state index in [1.807, 2.05) is 11.0 Å². The van der Waals surface area contributed by atoms with Crippen LogP contribution in [0.15, 0.2) is 27.3 Å². The van der Waals surface area contributed by atoms with Crippen LogP contribution in [-0.2, 0) is 21.4 Å². The topological polar surface area (TPSA) is 81.6 Å². The third-order valence-electron chi connectivity index (χ3n) is 4.59. The van der Waals surface area contributed by atoms with Crippen molar-refractivity contribution in [1.82, 2.24) is 15.0 Å². The van der Waals surface area contributed by atoms with Crippen molar-refractivity contribution >= 4 is 5.91 Å². The Morgan fingerprint density at radius 3 is 3.18 bits per heavy atom. The average molecular weight is 303 g/mol. The van der Waals surface area contributed by atoms with Crippen LogP contribution in [0.5, 0.6) is 0 Å². The number of carbonyl (C=O) groups is 1. The van der Waals surface area contributed by atoms with E-state index < -0.39 is 0 Å². The maximum absolute atomic E-state index is 12.5. The van der Waals surface area contributed by atoms with Gasteiger partial charge in [0.15, 0.2) is 5.82 Å². The van der Waals surface area contributed by atoms with E-state index in [4.69, 9.17) is 13.7 Å². The quantitative estimate of drug-likeness (QED) is 0.839. The van der Waals surface area contributed by atoms with Gasteiger partial charge < -0.3 is 18.6 Å². The summed E-state index contributed by atoms with van der Waals surface area (Å²) < 4.78 is 16.3. The van der Waals surface area contributed by atoms with Crippen LogP contribution in [-0.4, -0.2) is 47.3 Å². The lowest BCUT2D eigenvalue weighted by molar-refractivity contribution is -0.130. The predicted octanol–water partition coefficient (Wildman–Crippen LogP) is 0.940. The molecule has 0 aromatic carbocycles. The molecular formula is C15H17N3O4. The van der Waals surface area contributed by atoms with E-state index in [-0.39, 0.29) is 23.7 Å². The molecule has 0 bridgehead atoms. The minimum Gasteiger partial charge on any atom is -0.469 e. The average Bonchev–Trinajstić information content (AvgIpc) is 3.19. The van der Waals surface area contributed by atoms with Crippen LogP contribution in [0.2, 0.25) is 0 Å². The minimum absolute atomic E-state index is 0.0555. The molecule has 4 rings (SSSR count). The highest BCUT2D eigenvalue weighted by atomic mass is 16.5. The van der Waals surface area contributed by atoms with Gasteiger partial charge in [0.25, 0.3) is 0 Å². The monoisotopic (exact) mass is 303 g/mol. The summed E-state index contributed by atoms with van der Waals surface area (Å²) in [7, 11) is 0. The van der Waals surface area contributed by atoms with Gasteiger partial charge in [0.2, 0.25) is 11.8 Å². The second-order valence-corrected chi connectivity index (χ2v) is 6.05. The van der Waals surface area contributed by atoms with E-state index >= 15 is 0 Å². The van der Waals surface area contributed by atoms with E-state index in [1.54, 1.807) is 19.3 Å². The zero-order valence-corrected chi connectivity index (χ0v) is 12.3. The van der Waals surface area contributed by atoms with E-state index in [2.05, 4.69) is 10.1 Å². The first-order chi connectivity index (χ1) is 10.7. The molecule has 0 saturated carbocycles. The Balaban J connectivity index is 1.55. The number of likely N-dealkylation sites (tertiary alicyclic amines) is 1. The standard InChI is InChI=1S/C15H17N3O4/c1-10-16-14(22-17-10)15-8-18(6-11(15)7-20-9-15)13(19)5-12-3-2-4-21-12/h2-4,11H,5-9H2,1H3/t11-,15-/m1/s1. The smallest absolute Gasteiger partial charge is 0.237 e. The summed E-state index contributed by atoms with van der Waals surface area (Å²) in [5.41, 5.74) is -0.361. The highest BCUT2D eigenvalue weighted by molar-refractivity contribution is 5.78. The summed E-state index contributed by atoms with van der Waals surface area (Å²) in [4.78, 5) is 18.7. The molecule has 0 unspecified atom stereocenters. The Labute approximate surface area is 127 Å². The zero-order valence-electron chi connectivity index (χ0n) is 12.3. The van der Waals surface area contributed by atoms with Crippen molar-refractivity contribution in [1.29, 1.82) is 0 Å². The van der Waals surface area contributed by atoms with Gasteiger partial charge in [-0.1, -0.05) is 5.16 Å². The van der Waals surface area contributed by atoms with Crippen LogP contribution in [0, 0.1) is 12.8 Å². The Kier molecular flexibility index (Phi) is 3.04. The van der Waals surface area contributed by atoms with Crippen LogP contribution in [0.3, 0.4) is 0 Å². The molecule has 4 heterocycles. The second-order valence-electron chi connectivity index (χ2n) is 6.05. The maximum Gasteiger partial charge on any atom is 0.237 e. The van der Waals surface area contributed by atoms with Gasteiger partial charge in [0.1, 0.15) is 5.76 Å². The Morgan fingerprint density at radius 1 is 1.55 bits per heavy atom. The lowest BCUT2D eigenvalue weighted by Crippen LogP contribution is -2.38. The molecule has 0 N–H and O–H groups in total. The van der Waals surface area contributed by atoms with Crippen LogP contribution in [0.1, 0.15) is 17.5 Å². The number of amides is 1. The van der Waals surface area contributed by atoms with Crippen molar-refractivity contribution in [2.45, 2.75) is 18.8 Å². The maximum atomic E-state index is 12.5. The number of rotatable bonds is 3. The molecular weight excluding hydrogens is 286 g/mol. The van der Waals surface area contributed by atoms with Gasteiger partial charge in [-0.15, -0.1) is 0 Å². The SMILES string of the molecule is Cc1noc([C@]23COC[C@H]2CN(C(=O)Cc2ccco2)C3)n1. The summed E-state index contributed by atoms with van der Waals surface area (Å²) in [6.45, 7) is 4.14. The number of aromatic nitrogens is 2. The van der Waals surface area contributed by atoms with Crippen molar-refractivity contribution in [3.8, 4) is 0 Å². The largest absolute Gasteiger partial charge is 0.469 e. The number of aryl methyl sites for hydroxylation is 1. The van der Waals surface area contributed by atoms with Gasteiger partial charge in [-0.25, -0.2) is 0 Å². The summed E-state index contributed by atoms with van der Waals surface area (Å²) in [5, 5.41) is 3.89. The van der Waals surface area contributed by atoms with Crippen molar-refractivity contribution < 1.29 is 18.5 Å². The number of nitrogens with zero attached hydrogens (tertiary/aromatic N) is 3. The summed E-state index contributed by atoms with van der Waals surface area (Å²) in [6.07, 6.45) is 1.86. The molecule has 22 heavy (non-hydrogen) atoms. The van der Waals surface area contributed by atoms with Gasteiger partial charge in [-0.05, 0) is 19.1 Å². The predicted molar refractivity (Wildman–Crippen MR) is 74.0 cm³/mol. The Morgan fingerprint density at radius 2 is 2.45 bits per heavy atom. The van der Waals surface area contributed by atoms with Crippen molar-refractivity contribution in [2.75, 3.05) is 26.3 Å². The lowest BCUT2D eigenvalue weighted by atomic mass is 9.81. The number of carbonyl (C=O) groups excluding carboxylic acids is 1. The molecule has 2 aliphatic rings. The zero-order chi connectivity index (χ0) is 15.2. The Hall–Kier alpha value is -2.15. The van der Waals surface area contributed by atoms with Crippen LogP contribution in [0.4, 0.5) is 0 Å². The molecule has 2 aromatic heterocycles. The highest BCUT2D eigenvalue weighted by Gasteiger charge is 2.56. The van der Waals surface area contributed by atoms with E-state index in [9.17, 15) is 4.79 Å². The second kappa shape index (κ2) is 4.95. The molecule has 2 fully saturated rings. The number of hydrogen-bond acceptors (Lipinski definition) is 6. The molecule has 116 valence electrons. The molecule has 2 saturated heterocycles. The van der Waals surface area contributed by atoms with Gasteiger partial charge in [0.05, 0.1) is 31.3 Å². The van der Waals surface area contributed by atoms with Crippen molar-refractivity contribution in [3.05, 3.63) is 35.9 Å². The molecule has 7 heteroatoms. The van der Waals surface area contributed by atoms with E-state index in [0.717, 1.165) is 0 Å². The van der Waals surface area contributed by atoms with Crippen LogP contribution in [0.25, 0.3) is 0 Å². The van der Waals surface area contributed by atoms with E-state index in [1.165, 1.54) is 0 Å². The first kappa shape index (κ1) is 13.5. The number of hydrogen-bond donors (Lipinski definition) is 0. The molecule has 0 aliphatic carbocycles. The number of ether oxygens (including phenoxy) is 1. The first-order valence-electron chi connectivity index (χ1n) is 7.36. The normalized spacial score (nSPS) is 27.3. The molecule has 0 radical (unpaired) electrons. The Bertz CT molecular complexity index is 681. The molecule has 1 amide bonds. The fourth-order valence-corrected chi connectivity index (χ4v) is 3.40. The number of furan rings is 1. The highest BCUT2D eigenvalue weighted by Crippen LogP contribution is 2.43. The fourth-order valence-electron chi connectivity index (χ4n) is 3.40. The first-order valence-corrected chi connectivity index (χ1v) is 7.36. The summed E-state index contributed by atoms with van der Waals surface area (Å²) in [5.74, 6) is 2.13. The molecule has 2 atom stereocenters. The van der Waals surface area contributed by atoms with Gasteiger partial charge in [-0.3, -0.25) is 4.79 Å². The van der Waals surface area contributed by atoms with Crippen molar-refractivity contribution in [3.63, 3.8) is 0 Å². The van der Waals surface area contributed by atoms with Crippen molar-refractivity contribution in [2.24, 2.45) is 5.92 Å². The molecule has 2 aromatic rings. The van der Waals surface area contributed by atoms with Gasteiger partial charge in [0, 0.05) is 19.0 Å². The summed E-state index contributed by atoms with van der Waals surface area (Å²) in [6, 6.07) is 3.60. The minimum atomic E-state index is -0.361. The van der Waals surface area contributed by atoms with Crippen LogP contribution >= 0.6 is 0 Å². The molecule has 0 spiro atoms. The summed E-state index contributed by atoms with van der Waals surface area (Å²) >= 11 is 0. The van der Waals surface area contributed by atoms with E-state index in [0.29, 0.717) is 43.8 Å². The molecule has 7 nitrogen and oxygen atoms in total.